The first-order valence-electron chi connectivity index (χ1n) is 8.65. The number of nitrogens with zero attached hydrogens (tertiary/aromatic N) is 1. The molecule has 4 rings (SSSR count). The van der Waals surface area contributed by atoms with Gasteiger partial charge in [0.1, 0.15) is 18.8 Å². The van der Waals surface area contributed by atoms with Crippen molar-refractivity contribution < 1.29 is 19.2 Å². The van der Waals surface area contributed by atoms with Gasteiger partial charge in [-0.1, -0.05) is 24.0 Å². The molecule has 2 aromatic carbocycles. The van der Waals surface area contributed by atoms with Crippen molar-refractivity contribution >= 4 is 28.6 Å². The number of amides is 1. The van der Waals surface area contributed by atoms with Crippen LogP contribution in [0.3, 0.4) is 0 Å². The Balaban J connectivity index is 1.60. The standard InChI is InChI=1S/C21H14N2O5S/c24-21(17-12-19-20(28-9-8-27-19)13-18(17)23(25)26)22-15-4-1-3-14(11-15)6-7-16-5-2-10-29-16/h1-5,10-13H,8-9H2,(H,22,24). The van der Waals surface area contributed by atoms with Crippen LogP contribution in [0.5, 0.6) is 11.5 Å². The normalized spacial score (nSPS) is 11.9. The molecule has 0 aliphatic carbocycles. The van der Waals surface area contributed by atoms with Gasteiger partial charge in [0.15, 0.2) is 11.5 Å². The zero-order chi connectivity index (χ0) is 20.2. The maximum Gasteiger partial charge on any atom is 0.286 e. The molecule has 1 aromatic heterocycles. The van der Waals surface area contributed by atoms with Gasteiger partial charge < -0.3 is 14.8 Å². The number of carbonyl (C=O) groups excluding carboxylic acids is 1. The van der Waals surface area contributed by atoms with Gasteiger partial charge in [-0.15, -0.1) is 11.3 Å². The van der Waals surface area contributed by atoms with Crippen molar-refractivity contribution in [1.82, 2.24) is 0 Å². The largest absolute Gasteiger partial charge is 0.486 e. The van der Waals surface area contributed by atoms with Crippen LogP contribution in [0.1, 0.15) is 20.8 Å². The predicted molar refractivity (Wildman–Crippen MR) is 109 cm³/mol. The maximum absolute atomic E-state index is 12.7. The molecular formula is C21H14N2O5S. The van der Waals surface area contributed by atoms with E-state index in [1.165, 1.54) is 12.1 Å². The second-order valence-corrected chi connectivity index (χ2v) is 6.98. The number of hydrogen-bond acceptors (Lipinski definition) is 6. The fraction of sp³-hybridized carbons (Fsp3) is 0.0952. The first-order chi connectivity index (χ1) is 14.1. The lowest BCUT2D eigenvalue weighted by molar-refractivity contribution is -0.385. The zero-order valence-corrected chi connectivity index (χ0v) is 15.8. The molecule has 7 nitrogen and oxygen atoms in total. The summed E-state index contributed by atoms with van der Waals surface area (Å²) in [6, 6.07) is 13.4. The average Bonchev–Trinajstić information content (AvgIpc) is 3.25. The van der Waals surface area contributed by atoms with Crippen molar-refractivity contribution in [2.24, 2.45) is 0 Å². The van der Waals surface area contributed by atoms with Gasteiger partial charge in [0.05, 0.1) is 15.9 Å². The second-order valence-electron chi connectivity index (χ2n) is 6.03. The van der Waals surface area contributed by atoms with Gasteiger partial charge in [0.2, 0.25) is 0 Å². The van der Waals surface area contributed by atoms with E-state index in [9.17, 15) is 14.9 Å². The molecule has 0 unspecified atom stereocenters. The monoisotopic (exact) mass is 406 g/mol. The van der Waals surface area contributed by atoms with Crippen LogP contribution in [0.15, 0.2) is 53.9 Å². The molecule has 0 atom stereocenters. The highest BCUT2D eigenvalue weighted by atomic mass is 32.1. The Hall–Kier alpha value is -3.83. The molecule has 0 radical (unpaired) electrons. The van der Waals surface area contributed by atoms with E-state index in [0.717, 1.165) is 4.88 Å². The lowest BCUT2D eigenvalue weighted by Crippen LogP contribution is -2.18. The Morgan fingerprint density at radius 3 is 2.59 bits per heavy atom. The number of nitro benzene ring substituents is 1. The van der Waals surface area contributed by atoms with Crippen molar-refractivity contribution in [2.45, 2.75) is 0 Å². The number of nitro groups is 1. The molecule has 1 aliphatic rings. The van der Waals surface area contributed by atoms with Gasteiger partial charge in [-0.25, -0.2) is 0 Å². The van der Waals surface area contributed by atoms with E-state index < -0.39 is 10.8 Å². The van der Waals surface area contributed by atoms with Crippen LogP contribution >= 0.6 is 11.3 Å². The number of hydrogen-bond donors (Lipinski definition) is 1. The number of rotatable bonds is 3. The van der Waals surface area contributed by atoms with E-state index in [1.807, 2.05) is 23.6 Å². The lowest BCUT2D eigenvalue weighted by Gasteiger charge is -2.18. The highest BCUT2D eigenvalue weighted by Gasteiger charge is 2.26. The lowest BCUT2D eigenvalue weighted by atomic mass is 10.1. The minimum Gasteiger partial charge on any atom is -0.486 e. The van der Waals surface area contributed by atoms with E-state index >= 15 is 0 Å². The SMILES string of the molecule is O=C(Nc1cccc(C#Cc2cccs2)c1)c1cc2c(cc1[N+](=O)[O-])OCCO2. The molecule has 2 heterocycles. The number of benzene rings is 2. The highest BCUT2D eigenvalue weighted by molar-refractivity contribution is 7.10. The smallest absolute Gasteiger partial charge is 0.286 e. The van der Waals surface area contributed by atoms with Crippen LogP contribution in [-0.4, -0.2) is 24.0 Å². The molecule has 0 fully saturated rings. The summed E-state index contributed by atoms with van der Waals surface area (Å²) in [5.41, 5.74) is 0.750. The van der Waals surface area contributed by atoms with Crippen LogP contribution in [-0.2, 0) is 0 Å². The van der Waals surface area contributed by atoms with Gasteiger partial charge in [-0.2, -0.15) is 0 Å². The summed E-state index contributed by atoms with van der Waals surface area (Å²) in [6.45, 7) is 0.617. The van der Waals surface area contributed by atoms with Crippen LogP contribution in [0.4, 0.5) is 11.4 Å². The summed E-state index contributed by atoms with van der Waals surface area (Å²) < 4.78 is 10.8. The Morgan fingerprint density at radius 2 is 1.86 bits per heavy atom. The van der Waals surface area contributed by atoms with Crippen molar-refractivity contribution in [3.05, 3.63) is 80.0 Å². The topological polar surface area (TPSA) is 90.7 Å². The maximum atomic E-state index is 12.7. The third-order valence-electron chi connectivity index (χ3n) is 4.07. The number of fused-ring (bicyclic) bond motifs is 1. The highest BCUT2D eigenvalue weighted by Crippen LogP contribution is 2.36. The third kappa shape index (κ3) is 4.20. The molecular weight excluding hydrogens is 392 g/mol. The van der Waals surface area contributed by atoms with Crippen LogP contribution < -0.4 is 14.8 Å². The Morgan fingerprint density at radius 1 is 1.07 bits per heavy atom. The zero-order valence-electron chi connectivity index (χ0n) is 15.0. The predicted octanol–water partition coefficient (Wildman–Crippen LogP) is 4.08. The number of nitrogens with one attached hydrogen (secondary N) is 1. The first-order valence-corrected chi connectivity index (χ1v) is 9.53. The Kier molecular flexibility index (Phi) is 5.14. The molecule has 0 bridgehead atoms. The summed E-state index contributed by atoms with van der Waals surface area (Å²) in [6.07, 6.45) is 0. The van der Waals surface area contributed by atoms with Crippen LogP contribution in [0.25, 0.3) is 0 Å². The minimum atomic E-state index is -0.615. The summed E-state index contributed by atoms with van der Waals surface area (Å²) in [5.74, 6) is 6.03. The van der Waals surface area contributed by atoms with Crippen molar-refractivity contribution in [3.8, 4) is 23.3 Å². The van der Waals surface area contributed by atoms with Gasteiger partial charge >= 0.3 is 0 Å². The van der Waals surface area contributed by atoms with Gasteiger partial charge in [-0.3, -0.25) is 14.9 Å². The number of ether oxygens (including phenoxy) is 2. The number of anilines is 1. The quantitative estimate of drug-likeness (QED) is 0.402. The van der Waals surface area contributed by atoms with Gasteiger partial charge in [0.25, 0.3) is 11.6 Å². The van der Waals surface area contributed by atoms with Crippen molar-refractivity contribution in [1.29, 1.82) is 0 Å². The van der Waals surface area contributed by atoms with E-state index in [-0.39, 0.29) is 17.0 Å². The summed E-state index contributed by atoms with van der Waals surface area (Å²) >= 11 is 1.54. The number of carbonyl (C=O) groups is 1. The fourth-order valence-corrected chi connectivity index (χ4v) is 3.34. The van der Waals surface area contributed by atoms with E-state index in [0.29, 0.717) is 30.2 Å². The van der Waals surface area contributed by atoms with Crippen LogP contribution in [0, 0.1) is 22.0 Å². The summed E-state index contributed by atoms with van der Waals surface area (Å²) in [5, 5.41) is 16.1. The Labute approximate surface area is 170 Å². The van der Waals surface area contributed by atoms with E-state index in [4.69, 9.17) is 9.47 Å². The molecule has 144 valence electrons. The Bertz CT molecular complexity index is 1150. The minimum absolute atomic E-state index is 0.102. The van der Waals surface area contributed by atoms with Gasteiger partial charge in [0, 0.05) is 17.3 Å². The number of thiophene rings is 1. The van der Waals surface area contributed by atoms with Gasteiger partial charge in [-0.05, 0) is 29.6 Å². The molecule has 8 heteroatoms. The molecule has 0 saturated heterocycles. The average molecular weight is 406 g/mol. The molecule has 1 amide bonds. The van der Waals surface area contributed by atoms with E-state index in [2.05, 4.69) is 17.2 Å². The molecule has 1 aliphatic heterocycles. The van der Waals surface area contributed by atoms with E-state index in [1.54, 1.807) is 29.5 Å². The van der Waals surface area contributed by atoms with Crippen molar-refractivity contribution in [3.63, 3.8) is 0 Å². The third-order valence-corrected chi connectivity index (χ3v) is 4.86. The fourth-order valence-electron chi connectivity index (χ4n) is 2.77. The van der Waals surface area contributed by atoms with Crippen molar-refractivity contribution in [2.75, 3.05) is 18.5 Å². The molecule has 0 saturated carbocycles. The molecule has 0 spiro atoms. The second kappa shape index (κ2) is 8.04. The first kappa shape index (κ1) is 18.5. The van der Waals surface area contributed by atoms with Crippen LogP contribution in [0.2, 0.25) is 0 Å². The molecule has 1 N–H and O–H groups in total. The summed E-state index contributed by atoms with van der Waals surface area (Å²) in [7, 11) is 0. The molecule has 3 aromatic rings. The summed E-state index contributed by atoms with van der Waals surface area (Å²) in [4.78, 5) is 24.5. The molecule has 29 heavy (non-hydrogen) atoms.